The molecule has 1 aromatic rings. The molecule has 1 aliphatic rings. The summed E-state index contributed by atoms with van der Waals surface area (Å²) in [5, 5.41) is 0. The van der Waals surface area contributed by atoms with Crippen LogP contribution in [0.5, 0.6) is 0 Å². The zero-order valence-electron chi connectivity index (χ0n) is 6.97. The third kappa shape index (κ3) is 1.55. The van der Waals surface area contributed by atoms with Gasteiger partial charge in [-0.3, -0.25) is 0 Å². The summed E-state index contributed by atoms with van der Waals surface area (Å²) in [5.74, 6) is 0.609. The summed E-state index contributed by atoms with van der Waals surface area (Å²) in [6, 6.07) is 3.44. The van der Waals surface area contributed by atoms with Crippen molar-refractivity contribution in [2.24, 2.45) is 4.99 Å². The molecule has 0 aliphatic carbocycles. The predicted octanol–water partition coefficient (Wildman–Crippen LogP) is 1.84. The van der Waals surface area contributed by atoms with E-state index in [-0.39, 0.29) is 15.3 Å². The summed E-state index contributed by atoms with van der Waals surface area (Å²) in [6.45, 7) is 0. The second-order valence-electron chi connectivity index (χ2n) is 2.74. The summed E-state index contributed by atoms with van der Waals surface area (Å²) in [6.07, 6.45) is 3.09. The first-order valence-corrected chi connectivity index (χ1v) is 6.08. The molecule has 0 saturated heterocycles. The summed E-state index contributed by atoms with van der Waals surface area (Å²) < 4.78 is 28.1. The summed E-state index contributed by atoms with van der Waals surface area (Å²) in [7, 11) is -3.37. The van der Waals surface area contributed by atoms with E-state index < -0.39 is 9.84 Å². The average Bonchev–Trinajstić information content (AvgIpc) is 2.70. The Labute approximate surface area is 89.4 Å². The minimum absolute atomic E-state index is 0.0356. The summed E-state index contributed by atoms with van der Waals surface area (Å²) >= 11 is 2.88. The maximum Gasteiger partial charge on any atom is 0.228 e. The highest BCUT2D eigenvalue weighted by molar-refractivity contribution is 9.21. The van der Waals surface area contributed by atoms with Gasteiger partial charge >= 0.3 is 0 Å². The van der Waals surface area contributed by atoms with Crippen LogP contribution in [0.2, 0.25) is 0 Å². The fraction of sp³-hybridized carbons (Fsp3) is 0.125. The van der Waals surface area contributed by atoms with Crippen LogP contribution in [0.3, 0.4) is 0 Å². The van der Waals surface area contributed by atoms with E-state index in [0.29, 0.717) is 5.76 Å². The van der Waals surface area contributed by atoms with Crippen LogP contribution in [-0.2, 0) is 16.3 Å². The van der Waals surface area contributed by atoms with Gasteiger partial charge in [-0.05, 0) is 28.1 Å². The molecule has 0 fully saturated rings. The molecule has 0 bridgehead atoms. The van der Waals surface area contributed by atoms with Gasteiger partial charge in [-0.2, -0.15) is 0 Å². The van der Waals surface area contributed by atoms with Crippen molar-refractivity contribution in [2.75, 3.05) is 0 Å². The van der Waals surface area contributed by atoms with Gasteiger partial charge in [0, 0.05) is 12.6 Å². The van der Waals surface area contributed by atoms with Crippen molar-refractivity contribution >= 4 is 29.7 Å². The molecule has 14 heavy (non-hydrogen) atoms. The van der Waals surface area contributed by atoms with Crippen LogP contribution in [-0.4, -0.2) is 12.4 Å². The Morgan fingerprint density at radius 1 is 1.50 bits per heavy atom. The topological polar surface area (TPSA) is 59.6 Å². The van der Waals surface area contributed by atoms with Crippen molar-refractivity contribution in [1.82, 2.24) is 0 Å². The van der Waals surface area contributed by atoms with Gasteiger partial charge < -0.3 is 4.42 Å². The molecule has 0 amide bonds. The second kappa shape index (κ2) is 3.36. The van der Waals surface area contributed by atoms with E-state index in [2.05, 4.69) is 20.9 Å². The molecule has 1 aromatic heterocycles. The van der Waals surface area contributed by atoms with E-state index >= 15 is 0 Å². The zero-order valence-corrected chi connectivity index (χ0v) is 9.38. The van der Waals surface area contributed by atoms with Crippen LogP contribution >= 0.6 is 15.9 Å². The van der Waals surface area contributed by atoms with E-state index in [1.54, 1.807) is 12.1 Å². The fourth-order valence-electron chi connectivity index (χ4n) is 1.10. The van der Waals surface area contributed by atoms with Gasteiger partial charge in [0.15, 0.2) is 0 Å². The van der Waals surface area contributed by atoms with Crippen LogP contribution < -0.4 is 0 Å². The van der Waals surface area contributed by atoms with Gasteiger partial charge in [0.2, 0.25) is 13.8 Å². The Hall–Kier alpha value is -0.880. The average molecular weight is 276 g/mol. The molecule has 0 N–H and O–H groups in total. The Morgan fingerprint density at radius 2 is 2.29 bits per heavy atom. The van der Waals surface area contributed by atoms with Gasteiger partial charge in [-0.15, -0.1) is 0 Å². The monoisotopic (exact) mass is 275 g/mol. The minimum Gasteiger partial charge on any atom is -0.469 e. The van der Waals surface area contributed by atoms with Crippen LogP contribution in [0.1, 0.15) is 5.76 Å². The van der Waals surface area contributed by atoms with Crippen molar-refractivity contribution in [3.8, 4) is 0 Å². The molecule has 0 atom stereocenters. The van der Waals surface area contributed by atoms with Gasteiger partial charge in [-0.25, -0.2) is 13.4 Å². The molecule has 2 heterocycles. The minimum atomic E-state index is -3.37. The molecule has 0 radical (unpaired) electrons. The van der Waals surface area contributed by atoms with Crippen LogP contribution in [0, 0.1) is 0 Å². The van der Waals surface area contributed by atoms with E-state index in [1.807, 2.05) is 0 Å². The standard InChI is InChI=1S/C8H6BrNO3S/c9-8-10-5-7(14(8,11)12)4-6-2-1-3-13-6/h1-3,5H,4H2. The Balaban J connectivity index is 2.25. The number of halogens is 1. The molecular weight excluding hydrogens is 270 g/mol. The fourth-order valence-corrected chi connectivity index (χ4v) is 2.75. The smallest absolute Gasteiger partial charge is 0.228 e. The van der Waals surface area contributed by atoms with E-state index in [4.69, 9.17) is 4.42 Å². The predicted molar refractivity (Wildman–Crippen MR) is 55.8 cm³/mol. The van der Waals surface area contributed by atoms with Gasteiger partial charge in [0.1, 0.15) is 5.76 Å². The Morgan fingerprint density at radius 3 is 2.79 bits per heavy atom. The lowest BCUT2D eigenvalue weighted by Gasteiger charge is -1.98. The summed E-state index contributed by atoms with van der Waals surface area (Å²) in [4.78, 5) is 3.94. The van der Waals surface area contributed by atoms with Crippen LogP contribution in [0.4, 0.5) is 0 Å². The van der Waals surface area contributed by atoms with Crippen molar-refractivity contribution in [3.05, 3.63) is 35.3 Å². The molecule has 0 aromatic carbocycles. The first kappa shape index (κ1) is 9.67. The van der Waals surface area contributed by atoms with E-state index in [0.717, 1.165) is 0 Å². The first-order valence-electron chi connectivity index (χ1n) is 3.80. The number of allylic oxidation sites excluding steroid dienone is 1. The third-order valence-electron chi connectivity index (χ3n) is 1.81. The van der Waals surface area contributed by atoms with Gasteiger partial charge in [0.05, 0.1) is 11.2 Å². The molecule has 2 rings (SSSR count). The number of nitrogens with zero attached hydrogens (tertiary/aromatic N) is 1. The SMILES string of the molecule is O=S1(=O)C(Cc2ccco2)=CN=C1Br. The maximum atomic E-state index is 11.5. The highest BCUT2D eigenvalue weighted by Gasteiger charge is 2.28. The lowest BCUT2D eigenvalue weighted by atomic mass is 10.3. The Kier molecular flexibility index (Phi) is 2.32. The van der Waals surface area contributed by atoms with Crippen molar-refractivity contribution in [1.29, 1.82) is 0 Å². The van der Waals surface area contributed by atoms with Crippen molar-refractivity contribution in [2.45, 2.75) is 6.42 Å². The molecule has 4 nitrogen and oxygen atoms in total. The number of rotatable bonds is 2. The lowest BCUT2D eigenvalue weighted by molar-refractivity contribution is 0.520. The quantitative estimate of drug-likeness (QED) is 0.828. The molecule has 6 heteroatoms. The van der Waals surface area contributed by atoms with Crippen molar-refractivity contribution < 1.29 is 12.8 Å². The second-order valence-corrected chi connectivity index (χ2v) is 5.93. The van der Waals surface area contributed by atoms with Gasteiger partial charge in [0.25, 0.3) is 0 Å². The molecule has 0 spiro atoms. The van der Waals surface area contributed by atoms with Gasteiger partial charge in [-0.1, -0.05) is 0 Å². The molecule has 0 saturated carbocycles. The van der Waals surface area contributed by atoms with Crippen LogP contribution in [0.25, 0.3) is 0 Å². The normalized spacial score (nSPS) is 19.2. The highest BCUT2D eigenvalue weighted by Crippen LogP contribution is 2.24. The number of aliphatic imine (C=N–C) groups is 1. The lowest BCUT2D eigenvalue weighted by Crippen LogP contribution is -2.08. The molecular formula is C8H6BrNO3S. The number of sulfone groups is 1. The number of furan rings is 1. The van der Waals surface area contributed by atoms with Crippen molar-refractivity contribution in [3.63, 3.8) is 0 Å². The van der Waals surface area contributed by atoms with E-state index in [1.165, 1.54) is 12.5 Å². The molecule has 0 unspecified atom stereocenters. The first-order chi connectivity index (χ1) is 6.60. The van der Waals surface area contributed by atoms with E-state index in [9.17, 15) is 8.42 Å². The zero-order chi connectivity index (χ0) is 10.2. The maximum absolute atomic E-state index is 11.5. The number of hydrogen-bond donors (Lipinski definition) is 0. The summed E-state index contributed by atoms with van der Waals surface area (Å²) in [5.41, 5.74) is 0. The Bertz CT molecular complexity index is 499. The number of hydrogen-bond acceptors (Lipinski definition) is 4. The molecule has 1 aliphatic heterocycles. The van der Waals surface area contributed by atoms with Crippen LogP contribution in [0.15, 0.2) is 38.9 Å². The largest absolute Gasteiger partial charge is 0.469 e. The third-order valence-corrected chi connectivity index (χ3v) is 4.78. The highest BCUT2D eigenvalue weighted by atomic mass is 79.9. The molecule has 74 valence electrons.